The van der Waals surface area contributed by atoms with Gasteiger partial charge >= 0.3 is 0 Å². The third-order valence-corrected chi connectivity index (χ3v) is 4.89. The summed E-state index contributed by atoms with van der Waals surface area (Å²) < 4.78 is 10.8. The third-order valence-electron chi connectivity index (χ3n) is 4.60. The van der Waals surface area contributed by atoms with Gasteiger partial charge in [-0.3, -0.25) is 4.79 Å². The van der Waals surface area contributed by atoms with Crippen molar-refractivity contribution in [2.75, 3.05) is 19.0 Å². The van der Waals surface area contributed by atoms with Crippen LogP contribution in [0.25, 0.3) is 16.7 Å². The van der Waals surface area contributed by atoms with Crippen LogP contribution in [0.3, 0.4) is 0 Å². The van der Waals surface area contributed by atoms with E-state index in [2.05, 4.69) is 21.6 Å². The highest BCUT2D eigenvalue weighted by atomic mass is 35.5. The number of hydrogen-bond donors (Lipinski definition) is 1. The maximum atomic E-state index is 12.3. The number of anilines is 1. The number of carbonyl (C=O) groups excluding carboxylic acids is 1. The van der Waals surface area contributed by atoms with Crippen LogP contribution in [-0.2, 0) is 4.79 Å². The maximum Gasteiger partial charge on any atom is 0.262 e. The molecule has 0 saturated heterocycles. The Hall–Kier alpha value is -3.58. The van der Waals surface area contributed by atoms with Gasteiger partial charge < -0.3 is 14.8 Å². The molecule has 0 bridgehead atoms. The molecule has 1 heterocycles. The fourth-order valence-corrected chi connectivity index (χ4v) is 3.50. The number of nitrogens with one attached hydrogen (secondary N) is 1. The topological polar surface area (TPSA) is 78.3 Å². The van der Waals surface area contributed by atoms with E-state index in [-0.39, 0.29) is 12.5 Å². The second-order valence-electron chi connectivity index (χ2n) is 7.17. The summed E-state index contributed by atoms with van der Waals surface area (Å²) in [4.78, 5) is 13.8. The first-order chi connectivity index (χ1) is 14.9. The van der Waals surface area contributed by atoms with Gasteiger partial charge in [-0.25, -0.2) is 0 Å². The Morgan fingerprint density at radius 2 is 1.74 bits per heavy atom. The first-order valence-electron chi connectivity index (χ1n) is 9.63. The minimum Gasteiger partial charge on any atom is -0.495 e. The molecule has 0 spiro atoms. The zero-order chi connectivity index (χ0) is 22.0. The highest BCUT2D eigenvalue weighted by molar-refractivity contribution is 6.32. The van der Waals surface area contributed by atoms with E-state index in [1.54, 1.807) is 37.4 Å². The Bertz CT molecular complexity index is 1250. The Balaban J connectivity index is 1.46. The van der Waals surface area contributed by atoms with E-state index in [0.29, 0.717) is 38.9 Å². The number of nitrogens with zero attached hydrogens (tertiary/aromatic N) is 3. The van der Waals surface area contributed by atoms with Gasteiger partial charge in [-0.05, 0) is 73.5 Å². The van der Waals surface area contributed by atoms with Crippen molar-refractivity contribution in [2.45, 2.75) is 13.8 Å². The van der Waals surface area contributed by atoms with Crippen LogP contribution >= 0.6 is 11.6 Å². The molecule has 0 aliphatic rings. The van der Waals surface area contributed by atoms with Gasteiger partial charge in [-0.2, -0.15) is 4.80 Å². The molecule has 158 valence electrons. The van der Waals surface area contributed by atoms with Crippen LogP contribution < -0.4 is 14.8 Å². The highest BCUT2D eigenvalue weighted by Crippen LogP contribution is 2.27. The summed E-state index contributed by atoms with van der Waals surface area (Å²) in [6.07, 6.45) is 0. The van der Waals surface area contributed by atoms with E-state index >= 15 is 0 Å². The lowest BCUT2D eigenvalue weighted by atomic mass is 10.1. The van der Waals surface area contributed by atoms with Crippen molar-refractivity contribution in [3.8, 4) is 17.2 Å². The summed E-state index contributed by atoms with van der Waals surface area (Å²) in [5.74, 6) is 0.993. The molecule has 31 heavy (non-hydrogen) atoms. The average Bonchev–Trinajstić information content (AvgIpc) is 3.15. The number of fused-ring (bicyclic) bond motifs is 1. The minimum absolute atomic E-state index is 0.0853. The van der Waals surface area contributed by atoms with Crippen LogP contribution in [0.15, 0.2) is 54.6 Å². The van der Waals surface area contributed by atoms with Crippen molar-refractivity contribution >= 4 is 34.2 Å². The van der Waals surface area contributed by atoms with Crippen LogP contribution in [-0.4, -0.2) is 34.6 Å². The van der Waals surface area contributed by atoms with E-state index in [1.807, 2.05) is 32.0 Å². The number of methoxy groups -OCH3 is 1. The van der Waals surface area contributed by atoms with Gasteiger partial charge in [0.1, 0.15) is 22.5 Å². The molecule has 8 heteroatoms. The minimum atomic E-state index is -0.257. The van der Waals surface area contributed by atoms with Crippen molar-refractivity contribution in [3.05, 3.63) is 70.7 Å². The fourth-order valence-electron chi connectivity index (χ4n) is 3.25. The Labute approximate surface area is 184 Å². The van der Waals surface area contributed by atoms with Gasteiger partial charge in [0, 0.05) is 5.69 Å². The van der Waals surface area contributed by atoms with Crippen molar-refractivity contribution in [2.24, 2.45) is 0 Å². The molecular weight excluding hydrogens is 416 g/mol. The molecule has 7 nitrogen and oxygen atoms in total. The molecule has 0 unspecified atom stereocenters. The number of benzene rings is 3. The summed E-state index contributed by atoms with van der Waals surface area (Å²) in [6.45, 7) is 3.89. The Kier molecular flexibility index (Phi) is 5.77. The predicted octanol–water partition coefficient (Wildman–Crippen LogP) is 4.72. The third kappa shape index (κ3) is 4.78. The smallest absolute Gasteiger partial charge is 0.262 e. The normalized spacial score (nSPS) is 10.8. The number of ether oxygens (including phenoxy) is 2. The van der Waals surface area contributed by atoms with E-state index in [4.69, 9.17) is 21.1 Å². The molecule has 0 radical (unpaired) electrons. The lowest BCUT2D eigenvalue weighted by Crippen LogP contribution is -2.20. The summed E-state index contributed by atoms with van der Waals surface area (Å²) >= 11 is 6.20. The number of aromatic nitrogens is 3. The van der Waals surface area contributed by atoms with Gasteiger partial charge in [0.25, 0.3) is 5.91 Å². The van der Waals surface area contributed by atoms with Gasteiger partial charge in [0.05, 0.1) is 17.8 Å². The second-order valence-corrected chi connectivity index (χ2v) is 7.58. The zero-order valence-corrected chi connectivity index (χ0v) is 18.1. The maximum absolute atomic E-state index is 12.3. The number of carbonyl (C=O) groups is 1. The predicted molar refractivity (Wildman–Crippen MR) is 120 cm³/mol. The van der Waals surface area contributed by atoms with Crippen LogP contribution in [0.4, 0.5) is 5.69 Å². The SMILES string of the molecule is COc1ccc(-n2nc3ccc(NC(=O)COc4cc(C)cc(C)c4)cc3n2)cc1Cl. The molecule has 1 amide bonds. The average molecular weight is 437 g/mol. The molecule has 4 aromatic rings. The summed E-state index contributed by atoms with van der Waals surface area (Å²) in [5, 5.41) is 12.2. The molecule has 4 rings (SSSR count). The number of hydrogen-bond acceptors (Lipinski definition) is 5. The fraction of sp³-hybridized carbons (Fsp3) is 0.174. The molecule has 0 saturated carbocycles. The number of halogens is 1. The van der Waals surface area contributed by atoms with Gasteiger partial charge in [0.2, 0.25) is 0 Å². The first kappa shape index (κ1) is 20.7. The van der Waals surface area contributed by atoms with Crippen LogP contribution in [0.2, 0.25) is 5.02 Å². The highest BCUT2D eigenvalue weighted by Gasteiger charge is 2.10. The second kappa shape index (κ2) is 8.65. The number of rotatable bonds is 6. The summed E-state index contributed by atoms with van der Waals surface area (Å²) in [5.41, 5.74) is 4.82. The van der Waals surface area contributed by atoms with Crippen LogP contribution in [0.1, 0.15) is 11.1 Å². The van der Waals surface area contributed by atoms with E-state index in [0.717, 1.165) is 11.1 Å². The molecule has 1 aromatic heterocycles. The number of aryl methyl sites for hydroxylation is 2. The standard InChI is InChI=1S/C23H21ClN4O3/c1-14-8-15(2)10-18(9-14)31-13-23(29)25-16-4-6-20-21(11-16)27-28(26-20)17-5-7-22(30-3)19(24)12-17/h4-12H,13H2,1-3H3,(H,25,29). The molecule has 0 fully saturated rings. The number of amides is 1. The molecule has 1 N–H and O–H groups in total. The van der Waals surface area contributed by atoms with Crippen molar-refractivity contribution < 1.29 is 14.3 Å². The van der Waals surface area contributed by atoms with Crippen molar-refractivity contribution in [3.63, 3.8) is 0 Å². The van der Waals surface area contributed by atoms with Crippen molar-refractivity contribution in [1.29, 1.82) is 0 Å². The Morgan fingerprint density at radius 3 is 2.45 bits per heavy atom. The molecule has 0 aliphatic carbocycles. The van der Waals surface area contributed by atoms with Gasteiger partial charge in [-0.15, -0.1) is 10.2 Å². The Morgan fingerprint density at radius 1 is 1.00 bits per heavy atom. The molecule has 0 atom stereocenters. The molecule has 3 aromatic carbocycles. The molecular formula is C23H21ClN4O3. The lowest BCUT2D eigenvalue weighted by molar-refractivity contribution is -0.118. The van der Waals surface area contributed by atoms with Crippen molar-refractivity contribution in [1.82, 2.24) is 15.0 Å². The largest absolute Gasteiger partial charge is 0.495 e. The lowest BCUT2D eigenvalue weighted by Gasteiger charge is -2.09. The van der Waals surface area contributed by atoms with E-state index in [1.165, 1.54) is 4.80 Å². The zero-order valence-electron chi connectivity index (χ0n) is 17.3. The van der Waals surface area contributed by atoms with E-state index in [9.17, 15) is 4.79 Å². The van der Waals surface area contributed by atoms with E-state index < -0.39 is 0 Å². The quantitative estimate of drug-likeness (QED) is 0.473. The first-order valence-corrected chi connectivity index (χ1v) is 10.0. The van der Waals surface area contributed by atoms with Gasteiger partial charge in [-0.1, -0.05) is 17.7 Å². The summed E-state index contributed by atoms with van der Waals surface area (Å²) in [6, 6.07) is 16.5. The molecule has 0 aliphatic heterocycles. The van der Waals surface area contributed by atoms with Crippen LogP contribution in [0, 0.1) is 13.8 Å². The van der Waals surface area contributed by atoms with Gasteiger partial charge in [0.15, 0.2) is 6.61 Å². The summed E-state index contributed by atoms with van der Waals surface area (Å²) in [7, 11) is 1.56. The monoisotopic (exact) mass is 436 g/mol. The van der Waals surface area contributed by atoms with Crippen LogP contribution in [0.5, 0.6) is 11.5 Å².